The second-order valence-corrected chi connectivity index (χ2v) is 25.6. The van der Waals surface area contributed by atoms with Crippen molar-refractivity contribution in [3.05, 3.63) is 0 Å². The van der Waals surface area contributed by atoms with E-state index in [4.69, 9.17) is 47.4 Å². The summed E-state index contributed by atoms with van der Waals surface area (Å²) in [6, 6.07) is -8.26. The second kappa shape index (κ2) is 45.8. The SMILES string of the molecule is CO[C@H]1O[C@H](COS(=O)(=O)[O-])[C@@H](O[C@@H]2O[C@H](C(=O)[O-])[C@@H](O[C@H]3O[C@H](COS(=O)(=O)[O-])[C@@H](O[C@@H]4O[C@H](C(=O)[O-])[C@@H](O[C@H]5O[C@H](COS(=O)(=O)[O-])[C@@H](O)[C@H](O)[C@H]5NS(=O)(=O)[O-])[C@H](O)[C@H]4O)[C@@H](OS(=O)(=O)[O-])[C@H]3NS(=O)(=O)[O-])[C@H](O)[C@H]2O)[C@@H](O)[C@H]1NS(=O)(=O)[O-].[Na+].[Na+].[Na+].[Na+].[Na+].[Na+].[Na+].[Na+].[Na+]. The van der Waals surface area contributed by atoms with Gasteiger partial charge in [-0.25, -0.2) is 73.1 Å². The molecule has 0 saturated carbocycles. The molecule has 5 fully saturated rings. The van der Waals surface area contributed by atoms with Gasteiger partial charge in [-0.2, -0.15) is 0 Å². The Morgan fingerprint density at radius 2 is 0.656 bits per heavy atom. The molecule has 25 atom stereocenters. The van der Waals surface area contributed by atoms with Crippen LogP contribution in [0.1, 0.15) is 0 Å². The molecule has 0 unspecified atom stereocenters. The quantitative estimate of drug-likeness (QED) is 0.0198. The molecule has 0 aromatic carbocycles. The van der Waals surface area contributed by atoms with Crippen LogP contribution in [-0.4, -0.2) is 319 Å². The van der Waals surface area contributed by atoms with Crippen molar-refractivity contribution in [2.75, 3.05) is 26.9 Å². The molecule has 0 aromatic heterocycles. The number of aliphatic carboxylic acids is 2. The number of nitrogens with one attached hydrogen (secondary N) is 3. The van der Waals surface area contributed by atoms with Crippen LogP contribution < -0.4 is 290 Å². The van der Waals surface area contributed by atoms with Crippen LogP contribution in [0.4, 0.5) is 0 Å². The first-order valence-corrected chi connectivity index (χ1v) is 32.3. The smallest absolute Gasteiger partial charge is 0.735 e. The van der Waals surface area contributed by atoms with Gasteiger partial charge in [0.2, 0.25) is 41.6 Å². The Morgan fingerprint density at radius 1 is 0.354 bits per heavy atom. The maximum Gasteiger partial charge on any atom is 1.00 e. The van der Waals surface area contributed by atoms with Crippen molar-refractivity contribution < 1.29 is 476 Å². The summed E-state index contributed by atoms with van der Waals surface area (Å²) in [6.45, 7) is -5.17. The van der Waals surface area contributed by atoms with E-state index < -0.39 is 258 Å². The molecule has 5 aliphatic rings. The molecule has 5 saturated heterocycles. The van der Waals surface area contributed by atoms with Gasteiger partial charge in [0.15, 0.2) is 62.4 Å². The number of aliphatic hydroxyl groups is 7. The van der Waals surface area contributed by atoms with Crippen molar-refractivity contribution in [3.8, 4) is 0 Å². The molecule has 0 spiro atoms. The minimum atomic E-state index is -6.58. The molecule has 10 N–H and O–H groups in total. The van der Waals surface area contributed by atoms with E-state index in [9.17, 15) is 146 Å². The molecule has 5 heterocycles. The fraction of sp³-hybridized carbons (Fsp3) is 0.935. The van der Waals surface area contributed by atoms with Gasteiger partial charge >= 0.3 is 266 Å². The van der Waals surface area contributed by atoms with E-state index >= 15 is 0 Å². The average Bonchev–Trinajstić information content (AvgIpc) is 0.770. The van der Waals surface area contributed by atoms with E-state index in [-0.39, 0.29) is 266 Å². The van der Waals surface area contributed by atoms with E-state index in [2.05, 4.69) is 16.7 Å². The van der Waals surface area contributed by atoms with E-state index in [0.29, 0.717) is 0 Å². The fourth-order valence-electron chi connectivity index (χ4n) is 8.71. The molecule has 0 radical (unpaired) electrons. The molecule has 5 aliphatic heterocycles. The van der Waals surface area contributed by atoms with Gasteiger partial charge in [-0.1, -0.05) is 0 Å². The zero-order valence-corrected chi connectivity index (χ0v) is 74.7. The third kappa shape index (κ3) is 34.1. The predicted octanol–water partition coefficient (Wildman–Crippen LogP) is -45.6. The topological polar surface area (TPSA) is 788 Å². The van der Waals surface area contributed by atoms with Gasteiger partial charge in [0.25, 0.3) is 0 Å². The molecular formula is C31H44N3Na9O46S7. The number of methoxy groups -OCH3 is 1. The summed E-state index contributed by atoms with van der Waals surface area (Å²) in [7, 11) is -41.2. The molecule has 96 heavy (non-hydrogen) atoms. The van der Waals surface area contributed by atoms with Crippen LogP contribution in [0.25, 0.3) is 0 Å². The van der Waals surface area contributed by atoms with Crippen LogP contribution in [0.3, 0.4) is 0 Å². The number of carbonyl (C=O) groups excluding carboxylic acids is 2. The van der Waals surface area contributed by atoms with Gasteiger partial charge in [-0.05, 0) is 0 Å². The number of aliphatic hydroxyl groups excluding tert-OH is 7. The second-order valence-electron chi connectivity index (χ2n) is 18.0. The maximum absolute atomic E-state index is 12.7. The summed E-state index contributed by atoms with van der Waals surface area (Å²) in [6.07, 6.45) is -63.1. The monoisotopic (exact) mass is 1620 g/mol. The third-order valence-electron chi connectivity index (χ3n) is 12.2. The first-order chi connectivity index (χ1) is 39.5. The minimum absolute atomic E-state index is 0. The standard InChI is InChI=1S/C31H53N3O46S7.9Na/c1-67-27-9(33-82(49,50)51)13(37)18(6(72-27)3-69-85(58,59)60)74-30-16(40)14(38)22(24(78-30)26(44)45)77-29-10(34-83(52,53)54)20(80-87(64,65)66)19(7(73-29)4-70-86(61,62)63)75-31-17(41)15(39)21(23(79-31)25(42)43)76-28-8(32-81(46,47)48)12(36)11(35)5(71-28)2-68-84(55,56)57;;;;;;;;;/h5-24,27-41H,2-4H2,1H3,(H,42,43)(H,44,45)(H,46,47,48)(H,49,50,51)(H,52,53,54)(H,55,56,57)(H,58,59,60)(H,61,62,63)(H,64,65,66);;;;;;;;;/q;9*+1/p-9/t5-,6-,7-,8-,9-,10-,11-,12-,13+,14-,15-,16-,17-,18-,19-,20+,21+,22+,23+,24+,27+,28-,29-,30-,31-;;;;;;;;;/m1........./s1. The maximum atomic E-state index is 12.7. The Morgan fingerprint density at radius 3 is 1.00 bits per heavy atom. The molecule has 65 heteroatoms. The van der Waals surface area contributed by atoms with Crippen molar-refractivity contribution in [3.63, 3.8) is 0 Å². The number of hydrogen-bond acceptors (Lipinski definition) is 46. The van der Waals surface area contributed by atoms with Crippen LogP contribution in [0.15, 0.2) is 0 Å². The van der Waals surface area contributed by atoms with Gasteiger partial charge in [0, 0.05) is 7.11 Å². The van der Waals surface area contributed by atoms with Crippen molar-refractivity contribution in [2.45, 2.75) is 153 Å². The minimum Gasteiger partial charge on any atom is -0.735 e. The zero-order chi connectivity index (χ0) is 66.2. The largest absolute Gasteiger partial charge is 1.00 e. The Hall–Kier alpha value is 6.35. The van der Waals surface area contributed by atoms with Gasteiger partial charge in [-0.15, -0.1) is 0 Å². The summed E-state index contributed by atoms with van der Waals surface area (Å²) < 4.78 is 318. The Labute approximate surface area is 743 Å². The first kappa shape index (κ1) is 111. The van der Waals surface area contributed by atoms with Crippen LogP contribution in [0.2, 0.25) is 0 Å². The van der Waals surface area contributed by atoms with E-state index in [1.807, 2.05) is 0 Å². The average molecular weight is 1630 g/mol. The van der Waals surface area contributed by atoms with Gasteiger partial charge in [0.1, 0.15) is 122 Å². The van der Waals surface area contributed by atoms with Gasteiger partial charge < -0.3 is 135 Å². The van der Waals surface area contributed by atoms with Crippen molar-refractivity contribution in [1.82, 2.24) is 14.2 Å². The van der Waals surface area contributed by atoms with Crippen molar-refractivity contribution in [1.29, 1.82) is 0 Å². The molecule has 5 rings (SSSR count). The number of carboxylic acids is 2. The Bertz CT molecular complexity index is 3250. The number of carboxylic acid groups (broad SMARTS) is 2. The molecular weight excluding hydrogens is 1580 g/mol. The summed E-state index contributed by atoms with van der Waals surface area (Å²) in [5.74, 6) is -5.33. The number of rotatable bonds is 28. The fourth-order valence-corrected chi connectivity index (χ4v) is 11.9. The van der Waals surface area contributed by atoms with Crippen LogP contribution >= 0.6 is 0 Å². The molecule has 510 valence electrons. The number of hydrogen-bond donors (Lipinski definition) is 10. The van der Waals surface area contributed by atoms with Crippen LogP contribution in [0.5, 0.6) is 0 Å². The van der Waals surface area contributed by atoms with Crippen LogP contribution in [0, 0.1) is 0 Å². The van der Waals surface area contributed by atoms with E-state index in [1.54, 1.807) is 0 Å². The van der Waals surface area contributed by atoms with Gasteiger partial charge in [0.05, 0.1) is 31.8 Å². The van der Waals surface area contributed by atoms with Crippen molar-refractivity contribution in [2.24, 2.45) is 0 Å². The van der Waals surface area contributed by atoms with E-state index in [1.165, 1.54) is 4.72 Å². The Kier molecular flexibility index (Phi) is 52.9. The summed E-state index contributed by atoms with van der Waals surface area (Å²) >= 11 is 0. The normalized spacial score (nSPS) is 36.0. The molecule has 0 amide bonds. The predicted molar refractivity (Wildman–Crippen MR) is 233 cm³/mol. The molecule has 0 aromatic rings. The number of carbonyl (C=O) groups is 2. The molecule has 0 aliphatic carbocycles. The summed E-state index contributed by atoms with van der Waals surface area (Å²) in [5, 5.41) is 103. The van der Waals surface area contributed by atoms with Gasteiger partial charge in [-0.3, -0.25) is 16.7 Å². The van der Waals surface area contributed by atoms with E-state index in [0.717, 1.165) is 16.6 Å². The zero-order valence-electron chi connectivity index (χ0n) is 51.0. The molecule has 49 nitrogen and oxygen atoms in total. The molecule has 0 bridgehead atoms. The first-order valence-electron chi connectivity index (χ1n) is 22.7. The summed E-state index contributed by atoms with van der Waals surface area (Å²) in [5.41, 5.74) is 0. The van der Waals surface area contributed by atoms with Crippen LogP contribution in [-0.2, 0) is 146 Å². The Balaban J connectivity index is -0.00000307. The number of ether oxygens (including phenoxy) is 10. The summed E-state index contributed by atoms with van der Waals surface area (Å²) in [4.78, 5) is 25.3. The van der Waals surface area contributed by atoms with Crippen molar-refractivity contribution >= 4 is 84.4 Å². The third-order valence-corrected chi connectivity index (χ3v) is 15.6.